The van der Waals surface area contributed by atoms with E-state index in [9.17, 15) is 17.2 Å². The second kappa shape index (κ2) is 5.85. The number of sulfone groups is 1. The molecule has 0 saturated carbocycles. The SMILES string of the molecule is N#C/C(=C\c1ccc(F)cc1F)S(=O)(=O)c1ccccc1. The lowest BCUT2D eigenvalue weighted by molar-refractivity contribution is 0.581. The molecule has 2 aromatic rings. The third kappa shape index (κ3) is 3.15. The summed E-state index contributed by atoms with van der Waals surface area (Å²) in [4.78, 5) is -0.681. The van der Waals surface area contributed by atoms with Gasteiger partial charge in [0.2, 0.25) is 9.84 Å². The molecule has 0 atom stereocenters. The number of halogens is 2. The fourth-order valence-corrected chi connectivity index (χ4v) is 2.83. The first-order valence-corrected chi connectivity index (χ1v) is 7.30. The summed E-state index contributed by atoms with van der Waals surface area (Å²) < 4.78 is 50.9. The molecule has 2 aromatic carbocycles. The molecule has 21 heavy (non-hydrogen) atoms. The minimum absolute atomic E-state index is 0.0691. The predicted molar refractivity (Wildman–Crippen MR) is 73.6 cm³/mol. The summed E-state index contributed by atoms with van der Waals surface area (Å²) in [5, 5.41) is 9.04. The van der Waals surface area contributed by atoms with E-state index in [0.717, 1.165) is 18.2 Å². The topological polar surface area (TPSA) is 57.9 Å². The van der Waals surface area contributed by atoms with Gasteiger partial charge in [0.15, 0.2) is 0 Å². The van der Waals surface area contributed by atoms with Crippen LogP contribution in [0.15, 0.2) is 58.3 Å². The van der Waals surface area contributed by atoms with E-state index in [1.54, 1.807) is 12.1 Å². The molecule has 106 valence electrons. The number of nitrogens with zero attached hydrogens (tertiary/aromatic N) is 1. The summed E-state index contributed by atoms with van der Waals surface area (Å²) in [7, 11) is -4.04. The van der Waals surface area contributed by atoms with Gasteiger partial charge in [-0.15, -0.1) is 0 Å². The van der Waals surface area contributed by atoms with Gasteiger partial charge in [-0.1, -0.05) is 18.2 Å². The van der Waals surface area contributed by atoms with E-state index in [-0.39, 0.29) is 10.5 Å². The third-order valence-electron chi connectivity index (χ3n) is 2.70. The molecule has 2 rings (SSSR count). The van der Waals surface area contributed by atoms with Crippen molar-refractivity contribution in [1.82, 2.24) is 0 Å². The molecule has 0 N–H and O–H groups in total. The molecular weight excluding hydrogens is 296 g/mol. The lowest BCUT2D eigenvalue weighted by Gasteiger charge is -2.03. The van der Waals surface area contributed by atoms with Crippen LogP contribution in [-0.2, 0) is 9.84 Å². The first-order valence-electron chi connectivity index (χ1n) is 5.82. The zero-order valence-electron chi connectivity index (χ0n) is 10.6. The van der Waals surface area contributed by atoms with Crippen LogP contribution in [-0.4, -0.2) is 8.42 Å². The molecule has 0 aliphatic carbocycles. The highest BCUT2D eigenvalue weighted by molar-refractivity contribution is 7.95. The van der Waals surface area contributed by atoms with Gasteiger partial charge in [0, 0.05) is 11.6 Å². The van der Waals surface area contributed by atoms with E-state index >= 15 is 0 Å². The molecule has 0 amide bonds. The van der Waals surface area contributed by atoms with Gasteiger partial charge >= 0.3 is 0 Å². The van der Waals surface area contributed by atoms with Crippen LogP contribution in [0.4, 0.5) is 8.78 Å². The number of benzene rings is 2. The summed E-state index contributed by atoms with van der Waals surface area (Å²) in [6, 6.07) is 11.6. The molecule has 0 radical (unpaired) electrons. The van der Waals surface area contributed by atoms with Gasteiger partial charge in [-0.3, -0.25) is 0 Å². The molecule has 0 bridgehead atoms. The van der Waals surface area contributed by atoms with Crippen LogP contribution in [0.3, 0.4) is 0 Å². The first-order chi connectivity index (χ1) is 9.95. The van der Waals surface area contributed by atoms with Crippen molar-refractivity contribution in [3.05, 3.63) is 70.6 Å². The molecule has 0 aromatic heterocycles. The molecule has 0 spiro atoms. The number of hydrogen-bond acceptors (Lipinski definition) is 3. The van der Waals surface area contributed by atoms with Crippen molar-refractivity contribution in [1.29, 1.82) is 5.26 Å². The second-order valence-electron chi connectivity index (χ2n) is 4.10. The summed E-state index contributed by atoms with van der Waals surface area (Å²) >= 11 is 0. The number of allylic oxidation sites excluding steroid dienone is 1. The summed E-state index contributed by atoms with van der Waals surface area (Å²) in [6.45, 7) is 0. The van der Waals surface area contributed by atoms with Gasteiger partial charge in [-0.25, -0.2) is 17.2 Å². The van der Waals surface area contributed by atoms with E-state index in [1.165, 1.54) is 24.3 Å². The van der Waals surface area contributed by atoms with Crippen LogP contribution in [0.5, 0.6) is 0 Å². The van der Waals surface area contributed by atoms with Crippen LogP contribution in [0.1, 0.15) is 5.56 Å². The molecule has 0 saturated heterocycles. The molecular formula is C15H9F2NO2S. The van der Waals surface area contributed by atoms with Crippen LogP contribution < -0.4 is 0 Å². The first kappa shape index (κ1) is 14.9. The second-order valence-corrected chi connectivity index (χ2v) is 6.02. The summed E-state index contributed by atoms with van der Waals surface area (Å²) in [5.41, 5.74) is -0.174. The zero-order chi connectivity index (χ0) is 15.5. The molecule has 3 nitrogen and oxygen atoms in total. The van der Waals surface area contributed by atoms with Crippen molar-refractivity contribution >= 4 is 15.9 Å². The largest absolute Gasteiger partial charge is 0.218 e. The van der Waals surface area contributed by atoms with Crippen LogP contribution in [0, 0.1) is 23.0 Å². The molecule has 6 heteroatoms. The van der Waals surface area contributed by atoms with Gasteiger partial charge in [-0.05, 0) is 30.3 Å². The maximum atomic E-state index is 13.5. The Balaban J connectivity index is 2.54. The number of rotatable bonds is 3. The van der Waals surface area contributed by atoms with Crippen molar-refractivity contribution in [3.63, 3.8) is 0 Å². The van der Waals surface area contributed by atoms with Crippen molar-refractivity contribution in [3.8, 4) is 6.07 Å². The fourth-order valence-electron chi connectivity index (χ4n) is 1.66. The van der Waals surface area contributed by atoms with E-state index in [0.29, 0.717) is 6.07 Å². The highest BCUT2D eigenvalue weighted by Gasteiger charge is 2.20. The maximum absolute atomic E-state index is 13.5. The lowest BCUT2D eigenvalue weighted by Crippen LogP contribution is -2.03. The van der Waals surface area contributed by atoms with Crippen LogP contribution in [0.2, 0.25) is 0 Å². The van der Waals surface area contributed by atoms with Crippen molar-refractivity contribution < 1.29 is 17.2 Å². The van der Waals surface area contributed by atoms with Crippen molar-refractivity contribution in [2.75, 3.05) is 0 Å². The average Bonchev–Trinajstić information content (AvgIpc) is 2.47. The Hall–Kier alpha value is -2.52. The summed E-state index contributed by atoms with van der Waals surface area (Å²) in [6.07, 6.45) is 0.886. The Labute approximate surface area is 120 Å². The fraction of sp³-hybridized carbons (Fsp3) is 0. The van der Waals surface area contributed by atoms with E-state index < -0.39 is 26.4 Å². The highest BCUT2D eigenvalue weighted by Crippen LogP contribution is 2.22. The summed E-state index contributed by atoms with van der Waals surface area (Å²) in [5.74, 6) is -1.72. The maximum Gasteiger partial charge on any atom is 0.216 e. The Morgan fingerprint density at radius 2 is 1.76 bits per heavy atom. The van der Waals surface area contributed by atoms with Gasteiger partial charge in [0.25, 0.3) is 0 Å². The highest BCUT2D eigenvalue weighted by atomic mass is 32.2. The van der Waals surface area contributed by atoms with Crippen LogP contribution >= 0.6 is 0 Å². The van der Waals surface area contributed by atoms with E-state index in [2.05, 4.69) is 0 Å². The van der Waals surface area contributed by atoms with E-state index in [1.807, 2.05) is 0 Å². The molecule has 0 aliphatic rings. The third-order valence-corrected chi connectivity index (χ3v) is 4.38. The van der Waals surface area contributed by atoms with E-state index in [4.69, 9.17) is 5.26 Å². The van der Waals surface area contributed by atoms with Gasteiger partial charge in [0.05, 0.1) is 4.90 Å². The van der Waals surface area contributed by atoms with Crippen LogP contribution in [0.25, 0.3) is 6.08 Å². The molecule has 0 fully saturated rings. The van der Waals surface area contributed by atoms with Gasteiger partial charge in [-0.2, -0.15) is 5.26 Å². The van der Waals surface area contributed by atoms with Crippen molar-refractivity contribution in [2.24, 2.45) is 0 Å². The average molecular weight is 305 g/mol. The Morgan fingerprint density at radius 1 is 1.10 bits per heavy atom. The predicted octanol–water partition coefficient (Wildman–Crippen LogP) is 3.30. The Bertz CT molecular complexity index is 838. The molecule has 0 heterocycles. The van der Waals surface area contributed by atoms with Gasteiger partial charge < -0.3 is 0 Å². The smallest absolute Gasteiger partial charge is 0.216 e. The molecule has 0 aliphatic heterocycles. The molecule has 0 unspecified atom stereocenters. The normalized spacial score (nSPS) is 12.0. The standard InChI is InChI=1S/C15H9F2NO2S/c16-12-7-6-11(15(17)9-12)8-14(10-18)21(19,20)13-4-2-1-3-5-13/h1-9H/b14-8+. The van der Waals surface area contributed by atoms with Crippen molar-refractivity contribution in [2.45, 2.75) is 4.90 Å². The van der Waals surface area contributed by atoms with Gasteiger partial charge in [0.1, 0.15) is 22.6 Å². The lowest BCUT2D eigenvalue weighted by atomic mass is 10.2. The Kier molecular flexibility index (Phi) is 4.15. The minimum atomic E-state index is -4.04. The number of nitriles is 1. The monoisotopic (exact) mass is 305 g/mol. The zero-order valence-corrected chi connectivity index (χ0v) is 11.4. The minimum Gasteiger partial charge on any atom is -0.218 e. The number of hydrogen-bond donors (Lipinski definition) is 0. The Morgan fingerprint density at radius 3 is 2.33 bits per heavy atom. The quantitative estimate of drug-likeness (QED) is 0.817.